The van der Waals surface area contributed by atoms with E-state index in [2.05, 4.69) is 0 Å². The molecule has 0 amide bonds. The van der Waals surface area contributed by atoms with Gasteiger partial charge >= 0.3 is 0 Å². The Bertz CT molecular complexity index is 265. The van der Waals surface area contributed by atoms with E-state index in [-0.39, 0.29) is 0 Å². The van der Waals surface area contributed by atoms with Gasteiger partial charge in [-0.15, -0.1) is 0 Å². The first-order valence-corrected chi connectivity index (χ1v) is 9.63. The summed E-state index contributed by atoms with van der Waals surface area (Å²) in [6.07, 6.45) is 24.0. The van der Waals surface area contributed by atoms with Crippen molar-refractivity contribution in [1.82, 2.24) is 0 Å². The Balaban J connectivity index is 0.000000121. The van der Waals surface area contributed by atoms with Crippen LogP contribution in [-0.4, -0.2) is 0 Å². The standard InChI is InChI=1S/C10H18.C10H16/c2*1-2-6-10-8-4-3-7-9(10)5-1/h9-10H,1-8H2;1-8H2. The monoisotopic (exact) mass is 274 g/mol. The van der Waals surface area contributed by atoms with Crippen LogP contribution >= 0.6 is 0 Å². The molecule has 0 spiro atoms. The molecule has 0 aromatic rings. The fourth-order valence-corrected chi connectivity index (χ4v) is 5.17. The van der Waals surface area contributed by atoms with Gasteiger partial charge in [0.1, 0.15) is 0 Å². The maximum absolute atomic E-state index is 1.84. The highest BCUT2D eigenvalue weighted by molar-refractivity contribution is 5.19. The Morgan fingerprint density at radius 3 is 1.00 bits per heavy atom. The van der Waals surface area contributed by atoms with E-state index in [1.54, 1.807) is 25.7 Å². The largest absolute Gasteiger partial charge is 0.0710 e. The van der Waals surface area contributed by atoms with Gasteiger partial charge in [-0.25, -0.2) is 0 Å². The molecule has 0 nitrogen and oxygen atoms in total. The molecule has 4 aliphatic carbocycles. The van der Waals surface area contributed by atoms with Crippen LogP contribution < -0.4 is 0 Å². The molecule has 0 atom stereocenters. The Kier molecular flexibility index (Phi) is 5.62. The minimum Gasteiger partial charge on any atom is -0.0710 e. The third-order valence-corrected chi connectivity index (χ3v) is 6.38. The zero-order valence-electron chi connectivity index (χ0n) is 13.5. The van der Waals surface area contributed by atoms with Crippen LogP contribution in [0.5, 0.6) is 0 Å². The lowest BCUT2D eigenvalue weighted by molar-refractivity contribution is 0.171. The predicted molar refractivity (Wildman–Crippen MR) is 87.9 cm³/mol. The molecule has 0 aromatic heterocycles. The zero-order valence-corrected chi connectivity index (χ0v) is 13.5. The van der Waals surface area contributed by atoms with Crippen molar-refractivity contribution in [2.45, 2.75) is 103 Å². The molecular formula is C20H34. The molecule has 20 heavy (non-hydrogen) atoms. The van der Waals surface area contributed by atoms with E-state index in [9.17, 15) is 0 Å². The third-order valence-electron chi connectivity index (χ3n) is 6.38. The summed E-state index contributed by atoms with van der Waals surface area (Å²) in [6, 6.07) is 0. The van der Waals surface area contributed by atoms with Crippen LogP contribution in [0.3, 0.4) is 0 Å². The lowest BCUT2D eigenvalue weighted by atomic mass is 9.71. The van der Waals surface area contributed by atoms with E-state index < -0.39 is 0 Å². The SMILES string of the molecule is C1CCC2=C(C1)CCCC2.C1CCC2CCCCC2C1. The summed E-state index contributed by atoms with van der Waals surface area (Å²) in [6.45, 7) is 0. The highest BCUT2D eigenvalue weighted by Gasteiger charge is 2.26. The molecule has 2 saturated carbocycles. The molecule has 4 aliphatic rings. The van der Waals surface area contributed by atoms with Crippen LogP contribution in [0, 0.1) is 11.8 Å². The van der Waals surface area contributed by atoms with Gasteiger partial charge in [-0.05, 0) is 63.2 Å². The number of fused-ring (bicyclic) bond motifs is 1. The van der Waals surface area contributed by atoms with Crippen molar-refractivity contribution in [2.24, 2.45) is 11.8 Å². The van der Waals surface area contributed by atoms with E-state index in [1.165, 1.54) is 77.0 Å². The topological polar surface area (TPSA) is 0 Å². The molecular weight excluding hydrogens is 240 g/mol. The van der Waals surface area contributed by atoms with Crippen LogP contribution in [-0.2, 0) is 0 Å². The van der Waals surface area contributed by atoms with Gasteiger partial charge in [0.05, 0.1) is 0 Å². The van der Waals surface area contributed by atoms with Crippen molar-refractivity contribution in [3.8, 4) is 0 Å². The summed E-state index contributed by atoms with van der Waals surface area (Å²) in [5.74, 6) is 2.31. The van der Waals surface area contributed by atoms with E-state index >= 15 is 0 Å². The minimum absolute atomic E-state index is 1.16. The zero-order chi connectivity index (χ0) is 13.6. The summed E-state index contributed by atoms with van der Waals surface area (Å²) in [7, 11) is 0. The average Bonchev–Trinajstić information content (AvgIpc) is 2.56. The molecule has 0 unspecified atom stereocenters. The van der Waals surface area contributed by atoms with Gasteiger partial charge in [0.2, 0.25) is 0 Å². The third kappa shape index (κ3) is 3.89. The fourth-order valence-electron chi connectivity index (χ4n) is 5.17. The van der Waals surface area contributed by atoms with Gasteiger partial charge in [0, 0.05) is 0 Å². The van der Waals surface area contributed by atoms with Gasteiger partial charge in [-0.3, -0.25) is 0 Å². The molecule has 0 aromatic carbocycles. The summed E-state index contributed by atoms with van der Waals surface area (Å²) < 4.78 is 0. The molecule has 4 rings (SSSR count). The van der Waals surface area contributed by atoms with Gasteiger partial charge < -0.3 is 0 Å². The quantitative estimate of drug-likeness (QED) is 0.426. The molecule has 0 heteroatoms. The molecule has 2 fully saturated rings. The summed E-state index contributed by atoms with van der Waals surface area (Å²) in [4.78, 5) is 0. The van der Waals surface area contributed by atoms with Gasteiger partial charge in [0.25, 0.3) is 0 Å². The van der Waals surface area contributed by atoms with Crippen LogP contribution in [0.25, 0.3) is 0 Å². The second kappa shape index (κ2) is 7.66. The lowest BCUT2D eigenvalue weighted by Gasteiger charge is -2.35. The first kappa shape index (κ1) is 14.7. The van der Waals surface area contributed by atoms with Crippen molar-refractivity contribution in [2.75, 3.05) is 0 Å². The number of hydrogen-bond acceptors (Lipinski definition) is 0. The van der Waals surface area contributed by atoms with Crippen LogP contribution in [0.2, 0.25) is 0 Å². The lowest BCUT2D eigenvalue weighted by Crippen LogP contribution is -2.22. The summed E-state index contributed by atoms with van der Waals surface area (Å²) >= 11 is 0. The Hall–Kier alpha value is -0.260. The highest BCUT2D eigenvalue weighted by Crippen LogP contribution is 2.40. The Morgan fingerprint density at radius 1 is 0.400 bits per heavy atom. The number of hydrogen-bond donors (Lipinski definition) is 0. The summed E-state index contributed by atoms with van der Waals surface area (Å²) in [5.41, 5.74) is 3.69. The molecule has 0 radical (unpaired) electrons. The maximum atomic E-state index is 1.84. The normalized spacial score (nSPS) is 33.6. The smallest absolute Gasteiger partial charge is 0.0318 e. The highest BCUT2D eigenvalue weighted by atomic mass is 14.3. The minimum atomic E-state index is 1.16. The average molecular weight is 274 g/mol. The van der Waals surface area contributed by atoms with E-state index in [1.807, 2.05) is 11.1 Å². The number of allylic oxidation sites excluding steroid dienone is 2. The van der Waals surface area contributed by atoms with Crippen molar-refractivity contribution in [3.05, 3.63) is 11.1 Å². The number of rotatable bonds is 0. The van der Waals surface area contributed by atoms with Crippen molar-refractivity contribution >= 4 is 0 Å². The van der Waals surface area contributed by atoms with E-state index in [4.69, 9.17) is 0 Å². The van der Waals surface area contributed by atoms with E-state index in [0.717, 1.165) is 11.8 Å². The molecule has 114 valence electrons. The van der Waals surface area contributed by atoms with Crippen molar-refractivity contribution in [1.29, 1.82) is 0 Å². The molecule has 0 saturated heterocycles. The Labute approximate surface area is 126 Å². The molecule has 0 aliphatic heterocycles. The van der Waals surface area contributed by atoms with Crippen molar-refractivity contribution in [3.63, 3.8) is 0 Å². The second-order valence-electron chi connectivity index (χ2n) is 7.71. The second-order valence-corrected chi connectivity index (χ2v) is 7.71. The first-order chi connectivity index (χ1) is 9.93. The van der Waals surface area contributed by atoms with Gasteiger partial charge in [-0.1, -0.05) is 62.5 Å². The maximum Gasteiger partial charge on any atom is -0.0318 e. The van der Waals surface area contributed by atoms with Gasteiger partial charge in [-0.2, -0.15) is 0 Å². The van der Waals surface area contributed by atoms with Crippen LogP contribution in [0.4, 0.5) is 0 Å². The van der Waals surface area contributed by atoms with Crippen molar-refractivity contribution < 1.29 is 0 Å². The van der Waals surface area contributed by atoms with Crippen LogP contribution in [0.15, 0.2) is 11.1 Å². The molecule has 0 heterocycles. The van der Waals surface area contributed by atoms with E-state index in [0.29, 0.717) is 0 Å². The Morgan fingerprint density at radius 2 is 0.700 bits per heavy atom. The molecule has 0 bridgehead atoms. The molecule has 0 N–H and O–H groups in total. The van der Waals surface area contributed by atoms with Crippen LogP contribution in [0.1, 0.15) is 103 Å². The van der Waals surface area contributed by atoms with Gasteiger partial charge in [0.15, 0.2) is 0 Å². The summed E-state index contributed by atoms with van der Waals surface area (Å²) in [5, 5.41) is 0. The fraction of sp³-hybridized carbons (Fsp3) is 0.900. The first-order valence-electron chi connectivity index (χ1n) is 9.63. The predicted octanol–water partition coefficient (Wildman–Crippen LogP) is 6.80.